The van der Waals surface area contributed by atoms with Crippen molar-refractivity contribution >= 4 is 27.0 Å². The van der Waals surface area contributed by atoms with Crippen molar-refractivity contribution in [3.05, 3.63) is 35.8 Å². The number of hydrogen-bond donors (Lipinski definition) is 1. The van der Waals surface area contributed by atoms with Crippen LogP contribution in [0.25, 0.3) is 10.6 Å². The first-order valence-electron chi connectivity index (χ1n) is 9.92. The molecule has 1 saturated carbocycles. The maximum absolute atomic E-state index is 13.4. The number of anilines is 1. The molecular weight excluding hydrogens is 438 g/mol. The van der Waals surface area contributed by atoms with Crippen LogP contribution in [0.1, 0.15) is 31.7 Å². The Morgan fingerprint density at radius 1 is 1.10 bits per heavy atom. The van der Waals surface area contributed by atoms with Gasteiger partial charge in [0.15, 0.2) is 11.5 Å². The fraction of sp³-hybridized carbons (Fsp3) is 0.381. The van der Waals surface area contributed by atoms with Gasteiger partial charge in [-0.1, -0.05) is 18.9 Å². The van der Waals surface area contributed by atoms with Gasteiger partial charge in [0, 0.05) is 18.3 Å². The lowest BCUT2D eigenvalue weighted by Crippen LogP contribution is -2.14. The number of rotatable bonds is 8. The van der Waals surface area contributed by atoms with Gasteiger partial charge in [0.05, 0.1) is 37.9 Å². The van der Waals surface area contributed by atoms with E-state index in [1.54, 1.807) is 18.3 Å². The molecule has 0 unspecified atom stereocenters. The van der Waals surface area contributed by atoms with E-state index in [1.807, 2.05) is 22.2 Å². The molecule has 0 amide bonds. The summed E-state index contributed by atoms with van der Waals surface area (Å²) in [6.07, 6.45) is 5.91. The molecule has 0 atom stereocenters. The van der Waals surface area contributed by atoms with Crippen molar-refractivity contribution in [2.24, 2.45) is 0 Å². The van der Waals surface area contributed by atoms with Crippen LogP contribution in [0.4, 0.5) is 5.69 Å². The van der Waals surface area contributed by atoms with E-state index in [4.69, 9.17) is 14.2 Å². The molecule has 1 N–H and O–H groups in total. The van der Waals surface area contributed by atoms with Crippen LogP contribution in [-0.2, 0) is 10.0 Å². The van der Waals surface area contributed by atoms with Crippen molar-refractivity contribution in [1.82, 2.24) is 9.78 Å². The zero-order valence-corrected chi connectivity index (χ0v) is 19.3. The van der Waals surface area contributed by atoms with Gasteiger partial charge in [-0.15, -0.1) is 11.3 Å². The Morgan fingerprint density at radius 3 is 2.32 bits per heavy atom. The van der Waals surface area contributed by atoms with Crippen LogP contribution in [0.5, 0.6) is 17.2 Å². The Bertz CT molecular complexity index is 1120. The zero-order valence-electron chi connectivity index (χ0n) is 17.6. The van der Waals surface area contributed by atoms with Crippen LogP contribution in [0.2, 0.25) is 0 Å². The lowest BCUT2D eigenvalue weighted by atomic mass is 10.2. The Kier molecular flexibility index (Phi) is 6.10. The molecule has 1 aliphatic rings. The van der Waals surface area contributed by atoms with E-state index in [1.165, 1.54) is 32.7 Å². The van der Waals surface area contributed by atoms with Gasteiger partial charge in [-0.2, -0.15) is 5.10 Å². The first-order chi connectivity index (χ1) is 15.0. The number of methoxy groups -OCH3 is 3. The number of sulfonamides is 1. The van der Waals surface area contributed by atoms with Crippen molar-refractivity contribution < 1.29 is 22.6 Å². The molecule has 2 heterocycles. The summed E-state index contributed by atoms with van der Waals surface area (Å²) >= 11 is 1.46. The van der Waals surface area contributed by atoms with Crippen molar-refractivity contribution in [2.75, 3.05) is 26.1 Å². The molecule has 1 aromatic carbocycles. The Hall–Kier alpha value is -2.72. The Labute approximate surface area is 185 Å². The predicted octanol–water partition coefficient (Wildman–Crippen LogP) is 4.55. The highest BCUT2D eigenvalue weighted by atomic mass is 32.2. The van der Waals surface area contributed by atoms with Crippen molar-refractivity contribution in [1.29, 1.82) is 0 Å². The summed E-state index contributed by atoms with van der Waals surface area (Å²) in [6, 6.07) is 7.11. The second-order valence-electron chi connectivity index (χ2n) is 7.26. The van der Waals surface area contributed by atoms with Crippen LogP contribution in [0.3, 0.4) is 0 Å². The highest BCUT2D eigenvalue weighted by molar-refractivity contribution is 7.92. The van der Waals surface area contributed by atoms with E-state index >= 15 is 0 Å². The van der Waals surface area contributed by atoms with E-state index in [2.05, 4.69) is 9.82 Å². The van der Waals surface area contributed by atoms with Crippen molar-refractivity contribution in [3.63, 3.8) is 0 Å². The monoisotopic (exact) mass is 463 g/mol. The average molecular weight is 464 g/mol. The van der Waals surface area contributed by atoms with Crippen LogP contribution >= 0.6 is 11.3 Å². The maximum Gasteiger partial charge on any atom is 0.265 e. The number of nitrogens with one attached hydrogen (secondary N) is 1. The SMILES string of the molecule is COc1cc(NS(=O)(=O)c2cn(C3CCCC3)nc2-c2cccs2)cc(OC)c1OC. The fourth-order valence-electron chi connectivity index (χ4n) is 3.86. The summed E-state index contributed by atoms with van der Waals surface area (Å²) in [5, 5.41) is 6.59. The van der Waals surface area contributed by atoms with Crippen LogP contribution in [-0.4, -0.2) is 39.5 Å². The zero-order chi connectivity index (χ0) is 22.0. The van der Waals surface area contributed by atoms with E-state index in [0.717, 1.165) is 30.6 Å². The van der Waals surface area contributed by atoms with Crippen LogP contribution in [0, 0.1) is 0 Å². The third-order valence-electron chi connectivity index (χ3n) is 5.36. The van der Waals surface area contributed by atoms with Gasteiger partial charge >= 0.3 is 0 Å². The first kappa shape index (κ1) is 21.5. The lowest BCUT2D eigenvalue weighted by Gasteiger charge is -2.15. The molecule has 166 valence electrons. The molecule has 0 spiro atoms. The summed E-state index contributed by atoms with van der Waals surface area (Å²) < 4.78 is 47.3. The van der Waals surface area contributed by atoms with Gasteiger partial charge in [0.2, 0.25) is 5.75 Å². The molecule has 4 rings (SSSR count). The molecule has 1 fully saturated rings. The Balaban J connectivity index is 1.75. The van der Waals surface area contributed by atoms with Crippen molar-refractivity contribution in [3.8, 4) is 27.8 Å². The normalized spacial score (nSPS) is 14.5. The standard InChI is InChI=1S/C21H25N3O5S2/c1-27-16-11-14(12-17(28-2)21(16)29-3)23-31(25,26)19-13-24(15-7-4-5-8-15)22-20(19)18-9-6-10-30-18/h6,9-13,15,23H,4-5,7-8H2,1-3H3. The molecule has 3 aromatic rings. The van der Waals surface area contributed by atoms with Gasteiger partial charge in [-0.3, -0.25) is 9.40 Å². The number of nitrogens with zero attached hydrogens (tertiary/aromatic N) is 2. The highest BCUT2D eigenvalue weighted by Gasteiger charge is 2.28. The summed E-state index contributed by atoms with van der Waals surface area (Å²) in [7, 11) is 0.533. The number of ether oxygens (including phenoxy) is 3. The molecule has 0 aliphatic heterocycles. The number of hydrogen-bond acceptors (Lipinski definition) is 7. The van der Waals surface area contributed by atoms with Gasteiger partial charge in [0.1, 0.15) is 10.6 Å². The number of benzene rings is 1. The number of aromatic nitrogens is 2. The third-order valence-corrected chi connectivity index (χ3v) is 7.62. The molecule has 1 aliphatic carbocycles. The first-order valence-corrected chi connectivity index (χ1v) is 12.3. The van der Waals surface area contributed by atoms with Gasteiger partial charge in [0.25, 0.3) is 10.0 Å². The molecule has 0 saturated heterocycles. The topological polar surface area (TPSA) is 91.7 Å². The predicted molar refractivity (Wildman–Crippen MR) is 120 cm³/mol. The molecule has 0 bridgehead atoms. The minimum absolute atomic E-state index is 0.149. The van der Waals surface area contributed by atoms with Gasteiger partial charge in [-0.05, 0) is 24.3 Å². The fourth-order valence-corrected chi connectivity index (χ4v) is 5.84. The van der Waals surface area contributed by atoms with E-state index < -0.39 is 10.0 Å². The van der Waals surface area contributed by atoms with Gasteiger partial charge in [-0.25, -0.2) is 8.42 Å². The summed E-state index contributed by atoms with van der Waals surface area (Å²) in [5.74, 6) is 1.11. The van der Waals surface area contributed by atoms with E-state index in [9.17, 15) is 8.42 Å². The second kappa shape index (κ2) is 8.80. The molecule has 31 heavy (non-hydrogen) atoms. The van der Waals surface area contributed by atoms with Gasteiger partial charge < -0.3 is 14.2 Å². The minimum Gasteiger partial charge on any atom is -0.493 e. The van der Waals surface area contributed by atoms with Crippen LogP contribution < -0.4 is 18.9 Å². The molecule has 2 aromatic heterocycles. The molecular formula is C21H25N3O5S2. The highest BCUT2D eigenvalue weighted by Crippen LogP contribution is 2.41. The largest absolute Gasteiger partial charge is 0.493 e. The van der Waals surface area contributed by atoms with E-state index in [0.29, 0.717) is 28.6 Å². The Morgan fingerprint density at radius 2 is 1.77 bits per heavy atom. The third kappa shape index (κ3) is 4.22. The minimum atomic E-state index is -3.93. The van der Waals surface area contributed by atoms with E-state index in [-0.39, 0.29) is 10.9 Å². The maximum atomic E-state index is 13.4. The van der Waals surface area contributed by atoms with Crippen molar-refractivity contribution in [2.45, 2.75) is 36.6 Å². The quantitative estimate of drug-likeness (QED) is 0.527. The smallest absolute Gasteiger partial charge is 0.265 e. The molecule has 8 nitrogen and oxygen atoms in total. The average Bonchev–Trinajstić information content (AvgIpc) is 3.53. The summed E-state index contributed by atoms with van der Waals surface area (Å²) in [4.78, 5) is 0.956. The summed E-state index contributed by atoms with van der Waals surface area (Å²) in [6.45, 7) is 0. The lowest BCUT2D eigenvalue weighted by molar-refractivity contribution is 0.325. The molecule has 0 radical (unpaired) electrons. The second-order valence-corrected chi connectivity index (χ2v) is 9.86. The summed E-state index contributed by atoms with van der Waals surface area (Å²) in [5.41, 5.74) is 0.766. The molecule has 10 heteroatoms. The van der Waals surface area contributed by atoms with Crippen LogP contribution in [0.15, 0.2) is 40.7 Å². The number of thiophene rings is 1.